The van der Waals surface area contributed by atoms with Crippen LogP contribution in [0.1, 0.15) is 17.8 Å². The molecule has 2 aromatic rings. The summed E-state index contributed by atoms with van der Waals surface area (Å²) in [7, 11) is 1.33. The van der Waals surface area contributed by atoms with Crippen LogP contribution < -0.4 is 10.6 Å². The summed E-state index contributed by atoms with van der Waals surface area (Å²) in [5.74, 6) is -0.443. The highest BCUT2D eigenvalue weighted by Crippen LogP contribution is 2.37. The molecule has 2 amide bonds. The Morgan fingerprint density at radius 1 is 1.27 bits per heavy atom. The second kappa shape index (κ2) is 5.94. The van der Waals surface area contributed by atoms with Crippen LogP contribution in [0.3, 0.4) is 0 Å². The molecule has 0 fully saturated rings. The summed E-state index contributed by atoms with van der Waals surface area (Å²) >= 11 is 3.21. The zero-order chi connectivity index (χ0) is 15.7. The average molecular weight is 334 g/mol. The highest BCUT2D eigenvalue weighted by Gasteiger charge is 2.32. The van der Waals surface area contributed by atoms with Gasteiger partial charge in [-0.25, -0.2) is 9.59 Å². The van der Waals surface area contributed by atoms with E-state index in [0.717, 1.165) is 14.6 Å². The predicted octanol–water partition coefficient (Wildman–Crippen LogP) is 3.28. The number of nitrogens with one attached hydrogen (secondary N) is 2. The van der Waals surface area contributed by atoms with Gasteiger partial charge in [-0.05, 0) is 30.5 Å². The lowest BCUT2D eigenvalue weighted by Gasteiger charge is -2.26. The molecule has 2 aromatic heterocycles. The summed E-state index contributed by atoms with van der Waals surface area (Å²) in [5, 5.41) is 7.42. The monoisotopic (exact) mass is 334 g/mol. The van der Waals surface area contributed by atoms with Crippen molar-refractivity contribution in [3.8, 4) is 9.75 Å². The third kappa shape index (κ3) is 2.65. The van der Waals surface area contributed by atoms with E-state index in [0.29, 0.717) is 11.3 Å². The molecule has 0 unspecified atom stereocenters. The molecule has 0 radical (unpaired) electrons. The zero-order valence-corrected chi connectivity index (χ0v) is 13.6. The van der Waals surface area contributed by atoms with E-state index >= 15 is 0 Å². The van der Waals surface area contributed by atoms with Crippen molar-refractivity contribution >= 4 is 34.7 Å². The van der Waals surface area contributed by atoms with E-state index in [1.807, 2.05) is 29.6 Å². The minimum Gasteiger partial charge on any atom is -0.466 e. The number of hydrogen-bond donors (Lipinski definition) is 2. The summed E-state index contributed by atoms with van der Waals surface area (Å²) in [5.41, 5.74) is 0.952. The lowest BCUT2D eigenvalue weighted by atomic mass is 10.0. The molecule has 0 aromatic carbocycles. The fourth-order valence-corrected chi connectivity index (χ4v) is 4.25. The summed E-state index contributed by atoms with van der Waals surface area (Å²) in [6.45, 7) is 1.70. The number of thiophene rings is 2. The van der Waals surface area contributed by atoms with Gasteiger partial charge in [-0.1, -0.05) is 6.07 Å². The molecule has 1 atom stereocenters. The molecular weight excluding hydrogens is 320 g/mol. The first-order valence-corrected chi connectivity index (χ1v) is 8.30. The van der Waals surface area contributed by atoms with Crippen LogP contribution in [0.4, 0.5) is 4.79 Å². The first kappa shape index (κ1) is 14.8. The first-order valence-electron chi connectivity index (χ1n) is 6.60. The Morgan fingerprint density at radius 2 is 2.09 bits per heavy atom. The molecule has 114 valence electrons. The van der Waals surface area contributed by atoms with Crippen LogP contribution in [0.2, 0.25) is 0 Å². The highest BCUT2D eigenvalue weighted by molar-refractivity contribution is 7.21. The van der Waals surface area contributed by atoms with Crippen molar-refractivity contribution < 1.29 is 14.3 Å². The maximum Gasteiger partial charge on any atom is 0.338 e. The smallest absolute Gasteiger partial charge is 0.338 e. The maximum atomic E-state index is 12.0. The van der Waals surface area contributed by atoms with E-state index in [-0.39, 0.29) is 6.03 Å². The molecule has 1 aliphatic rings. The fourth-order valence-electron chi connectivity index (χ4n) is 2.35. The van der Waals surface area contributed by atoms with E-state index in [2.05, 4.69) is 10.6 Å². The summed E-state index contributed by atoms with van der Waals surface area (Å²) < 4.78 is 4.84. The van der Waals surface area contributed by atoms with E-state index in [1.54, 1.807) is 29.6 Å². The lowest BCUT2D eigenvalue weighted by Crippen LogP contribution is -2.45. The average Bonchev–Trinajstić information content (AvgIpc) is 3.16. The van der Waals surface area contributed by atoms with Crippen LogP contribution >= 0.6 is 22.7 Å². The van der Waals surface area contributed by atoms with E-state index in [4.69, 9.17) is 4.74 Å². The Bertz CT molecular complexity index is 747. The number of rotatable bonds is 3. The zero-order valence-electron chi connectivity index (χ0n) is 12.0. The molecule has 0 spiro atoms. The molecule has 3 rings (SSSR count). The number of amides is 2. The number of ether oxygens (including phenoxy) is 1. The molecule has 0 aliphatic carbocycles. The predicted molar refractivity (Wildman–Crippen MR) is 86.8 cm³/mol. The van der Waals surface area contributed by atoms with Gasteiger partial charge in [0.15, 0.2) is 0 Å². The number of urea groups is 1. The third-order valence-electron chi connectivity index (χ3n) is 3.35. The lowest BCUT2D eigenvalue weighted by molar-refractivity contribution is -0.136. The number of esters is 1. The van der Waals surface area contributed by atoms with E-state index in [1.165, 1.54) is 7.11 Å². The molecule has 0 saturated heterocycles. The Hall–Kier alpha value is -2.12. The number of allylic oxidation sites excluding steroid dienone is 1. The molecule has 0 bridgehead atoms. The molecule has 3 heterocycles. The largest absolute Gasteiger partial charge is 0.466 e. The van der Waals surface area contributed by atoms with E-state index in [9.17, 15) is 9.59 Å². The maximum absolute atomic E-state index is 12.0. The summed E-state index contributed by atoms with van der Waals surface area (Å²) in [4.78, 5) is 27.0. The SMILES string of the molecule is COC(=O)C1=C(C)NC(=O)N[C@H]1c1ccc(-c2cccs2)s1. The van der Waals surface area contributed by atoms with Crippen LogP contribution in [0, 0.1) is 0 Å². The van der Waals surface area contributed by atoms with Gasteiger partial charge in [-0.15, -0.1) is 22.7 Å². The van der Waals surface area contributed by atoms with Crippen molar-refractivity contribution in [3.63, 3.8) is 0 Å². The van der Waals surface area contributed by atoms with Gasteiger partial charge in [0, 0.05) is 20.3 Å². The standard InChI is InChI=1S/C15H14N2O3S2/c1-8-12(14(18)20-2)13(17-15(19)16-8)11-6-5-10(22-11)9-4-3-7-21-9/h3-7,13H,1-2H3,(H2,16,17,19)/t13-/m0/s1. The number of hydrogen-bond acceptors (Lipinski definition) is 5. The summed E-state index contributed by atoms with van der Waals surface area (Å²) in [6, 6.07) is 7.18. The summed E-state index contributed by atoms with van der Waals surface area (Å²) in [6.07, 6.45) is 0. The number of methoxy groups -OCH3 is 1. The second-order valence-electron chi connectivity index (χ2n) is 4.74. The Morgan fingerprint density at radius 3 is 2.77 bits per heavy atom. The molecule has 0 saturated carbocycles. The van der Waals surface area contributed by atoms with Crippen molar-refractivity contribution in [1.29, 1.82) is 0 Å². The molecule has 2 N–H and O–H groups in total. The Kier molecular flexibility index (Phi) is 4.00. The second-order valence-corrected chi connectivity index (χ2v) is 6.80. The van der Waals surface area contributed by atoms with Gasteiger partial charge in [0.05, 0.1) is 18.7 Å². The van der Waals surface area contributed by atoms with Gasteiger partial charge in [0.25, 0.3) is 0 Å². The Labute approximate surface area is 135 Å². The third-order valence-corrected chi connectivity index (χ3v) is 5.57. The van der Waals surface area contributed by atoms with Crippen LogP contribution in [0.5, 0.6) is 0 Å². The molecule has 1 aliphatic heterocycles. The van der Waals surface area contributed by atoms with E-state index < -0.39 is 12.0 Å². The van der Waals surface area contributed by atoms with Gasteiger partial charge in [-0.3, -0.25) is 0 Å². The van der Waals surface area contributed by atoms with Crippen LogP contribution in [-0.4, -0.2) is 19.1 Å². The minimum atomic E-state index is -0.486. The molecule has 5 nitrogen and oxygen atoms in total. The van der Waals surface area contributed by atoms with Gasteiger partial charge in [0.1, 0.15) is 0 Å². The van der Waals surface area contributed by atoms with Gasteiger partial charge < -0.3 is 15.4 Å². The molecule has 22 heavy (non-hydrogen) atoms. The van der Waals surface area contributed by atoms with Gasteiger partial charge >= 0.3 is 12.0 Å². The van der Waals surface area contributed by atoms with Crippen LogP contribution in [0.15, 0.2) is 40.9 Å². The topological polar surface area (TPSA) is 67.4 Å². The number of carbonyl (C=O) groups is 2. The normalized spacial score (nSPS) is 17.9. The van der Waals surface area contributed by atoms with Crippen molar-refractivity contribution in [3.05, 3.63) is 45.8 Å². The quantitative estimate of drug-likeness (QED) is 0.847. The number of carbonyl (C=O) groups excluding carboxylic acids is 2. The van der Waals surface area contributed by atoms with Crippen molar-refractivity contribution in [2.45, 2.75) is 13.0 Å². The molecular formula is C15H14N2O3S2. The van der Waals surface area contributed by atoms with Crippen molar-refractivity contribution in [2.75, 3.05) is 7.11 Å². The van der Waals surface area contributed by atoms with Gasteiger partial charge in [-0.2, -0.15) is 0 Å². The van der Waals surface area contributed by atoms with Crippen molar-refractivity contribution in [1.82, 2.24) is 10.6 Å². The van der Waals surface area contributed by atoms with Gasteiger partial charge in [0.2, 0.25) is 0 Å². The van der Waals surface area contributed by atoms with Crippen LogP contribution in [0.25, 0.3) is 9.75 Å². The highest BCUT2D eigenvalue weighted by atomic mass is 32.1. The molecule has 7 heteroatoms. The minimum absolute atomic E-state index is 0.318. The first-order chi connectivity index (χ1) is 10.6. The Balaban J connectivity index is 2.00. The van der Waals surface area contributed by atoms with Crippen molar-refractivity contribution in [2.24, 2.45) is 0 Å². The van der Waals surface area contributed by atoms with Crippen LogP contribution in [-0.2, 0) is 9.53 Å². The fraction of sp³-hybridized carbons (Fsp3) is 0.200.